The lowest BCUT2D eigenvalue weighted by Crippen LogP contribution is -2.00. The molecular formula is C18H21NO2. The first kappa shape index (κ1) is 13.8. The fourth-order valence-corrected chi connectivity index (χ4v) is 2.42. The molecule has 1 N–H and O–H groups in total. The summed E-state index contributed by atoms with van der Waals surface area (Å²) in [6, 6.07) is 14.6. The molecule has 2 aromatic carbocycles. The minimum absolute atomic E-state index is 0.773. The van der Waals surface area contributed by atoms with E-state index in [2.05, 4.69) is 36.5 Å². The number of rotatable bonds is 6. The van der Waals surface area contributed by atoms with Crippen molar-refractivity contribution in [1.82, 2.24) is 0 Å². The highest BCUT2D eigenvalue weighted by Crippen LogP contribution is 2.28. The van der Waals surface area contributed by atoms with Crippen molar-refractivity contribution < 1.29 is 9.47 Å². The number of anilines is 1. The third-order valence-electron chi connectivity index (χ3n) is 3.58. The minimum atomic E-state index is 0.773. The highest BCUT2D eigenvalue weighted by molar-refractivity contribution is 5.52. The molecule has 0 saturated heterocycles. The Kier molecular flexibility index (Phi) is 4.29. The summed E-state index contributed by atoms with van der Waals surface area (Å²) in [5.74, 6) is 1.97. The summed E-state index contributed by atoms with van der Waals surface area (Å²) in [7, 11) is 0. The van der Waals surface area contributed by atoms with Crippen LogP contribution >= 0.6 is 0 Å². The normalized spacial score (nSPS) is 12.6. The van der Waals surface area contributed by atoms with E-state index >= 15 is 0 Å². The summed E-state index contributed by atoms with van der Waals surface area (Å²) in [5, 5.41) is 3.46. The van der Waals surface area contributed by atoms with Gasteiger partial charge in [0.2, 0.25) is 0 Å². The molecule has 0 aliphatic carbocycles. The second-order valence-corrected chi connectivity index (χ2v) is 5.27. The molecule has 0 spiro atoms. The fraction of sp³-hybridized carbons (Fsp3) is 0.333. The number of ether oxygens (including phenoxy) is 2. The first-order chi connectivity index (χ1) is 10.3. The average molecular weight is 283 g/mol. The minimum Gasteiger partial charge on any atom is -0.494 e. The van der Waals surface area contributed by atoms with Gasteiger partial charge in [-0.3, -0.25) is 0 Å². The summed E-state index contributed by atoms with van der Waals surface area (Å²) in [5.41, 5.74) is 3.68. The number of nitrogens with one attached hydrogen (secondary N) is 1. The van der Waals surface area contributed by atoms with Crippen LogP contribution in [0.3, 0.4) is 0 Å². The molecule has 0 amide bonds. The Morgan fingerprint density at radius 1 is 1.14 bits per heavy atom. The van der Waals surface area contributed by atoms with E-state index < -0.39 is 0 Å². The molecule has 3 nitrogen and oxygen atoms in total. The second kappa shape index (κ2) is 6.53. The molecule has 0 fully saturated rings. The number of benzene rings is 2. The molecule has 0 aromatic heterocycles. The molecular weight excluding hydrogens is 262 g/mol. The summed E-state index contributed by atoms with van der Waals surface area (Å²) in [4.78, 5) is 0. The van der Waals surface area contributed by atoms with Gasteiger partial charge in [0.25, 0.3) is 0 Å². The van der Waals surface area contributed by atoms with Gasteiger partial charge in [-0.05, 0) is 47.9 Å². The van der Waals surface area contributed by atoms with E-state index in [4.69, 9.17) is 9.47 Å². The smallest absolute Gasteiger partial charge is 0.122 e. The lowest BCUT2D eigenvalue weighted by Gasteiger charge is -2.09. The van der Waals surface area contributed by atoms with E-state index in [9.17, 15) is 0 Å². The van der Waals surface area contributed by atoms with Gasteiger partial charge < -0.3 is 14.8 Å². The Labute approximate surface area is 125 Å². The summed E-state index contributed by atoms with van der Waals surface area (Å²) in [6.45, 7) is 4.50. The van der Waals surface area contributed by atoms with Crippen LogP contribution in [-0.4, -0.2) is 13.2 Å². The van der Waals surface area contributed by atoms with Gasteiger partial charge in [0, 0.05) is 18.7 Å². The van der Waals surface area contributed by atoms with Crippen LogP contribution in [0, 0.1) is 0 Å². The Hall–Kier alpha value is -2.16. The average Bonchev–Trinajstić information content (AvgIpc) is 2.99. The van der Waals surface area contributed by atoms with E-state index in [1.165, 1.54) is 11.1 Å². The van der Waals surface area contributed by atoms with Crippen LogP contribution in [0.1, 0.15) is 24.5 Å². The highest BCUT2D eigenvalue weighted by atomic mass is 16.5. The van der Waals surface area contributed by atoms with Crippen molar-refractivity contribution in [3.8, 4) is 11.5 Å². The van der Waals surface area contributed by atoms with Crippen molar-refractivity contribution in [2.75, 3.05) is 18.5 Å². The van der Waals surface area contributed by atoms with E-state index in [0.29, 0.717) is 0 Å². The van der Waals surface area contributed by atoms with Gasteiger partial charge in [-0.2, -0.15) is 0 Å². The maximum Gasteiger partial charge on any atom is 0.122 e. The molecule has 110 valence electrons. The summed E-state index contributed by atoms with van der Waals surface area (Å²) in [6.07, 6.45) is 2.04. The van der Waals surface area contributed by atoms with Crippen molar-refractivity contribution in [2.45, 2.75) is 26.3 Å². The van der Waals surface area contributed by atoms with Crippen LogP contribution in [0.2, 0.25) is 0 Å². The van der Waals surface area contributed by atoms with E-state index in [1.807, 2.05) is 18.2 Å². The van der Waals surface area contributed by atoms with E-state index in [0.717, 1.165) is 49.8 Å². The van der Waals surface area contributed by atoms with Crippen LogP contribution in [0.4, 0.5) is 5.69 Å². The molecule has 0 radical (unpaired) electrons. The van der Waals surface area contributed by atoms with Gasteiger partial charge in [0.1, 0.15) is 11.5 Å². The molecule has 2 aromatic rings. The van der Waals surface area contributed by atoms with Crippen molar-refractivity contribution in [3.63, 3.8) is 0 Å². The number of hydrogen-bond donors (Lipinski definition) is 1. The van der Waals surface area contributed by atoms with Crippen molar-refractivity contribution in [3.05, 3.63) is 53.6 Å². The largest absolute Gasteiger partial charge is 0.494 e. The molecule has 1 heterocycles. The Morgan fingerprint density at radius 2 is 2.00 bits per heavy atom. The zero-order valence-corrected chi connectivity index (χ0v) is 12.4. The quantitative estimate of drug-likeness (QED) is 0.868. The lowest BCUT2D eigenvalue weighted by molar-refractivity contribution is 0.317. The molecule has 3 heteroatoms. The standard InChI is InChI=1S/C18H21NO2/c1-2-10-20-17-6-3-14(4-7-17)13-19-16-5-8-18-15(12-16)9-11-21-18/h3-8,12,19H,2,9-11,13H2,1H3. The Bertz CT molecular complexity index is 593. The monoisotopic (exact) mass is 283 g/mol. The Balaban J connectivity index is 1.57. The zero-order valence-electron chi connectivity index (χ0n) is 12.4. The van der Waals surface area contributed by atoms with Crippen LogP contribution in [0.5, 0.6) is 11.5 Å². The lowest BCUT2D eigenvalue weighted by atomic mass is 10.1. The van der Waals surface area contributed by atoms with Crippen molar-refractivity contribution in [2.24, 2.45) is 0 Å². The third-order valence-corrected chi connectivity index (χ3v) is 3.58. The maximum absolute atomic E-state index is 5.59. The molecule has 0 unspecified atom stereocenters. The van der Waals surface area contributed by atoms with E-state index in [1.54, 1.807) is 0 Å². The number of fused-ring (bicyclic) bond motifs is 1. The molecule has 0 atom stereocenters. The maximum atomic E-state index is 5.59. The van der Waals surface area contributed by atoms with Crippen molar-refractivity contribution >= 4 is 5.69 Å². The fourth-order valence-electron chi connectivity index (χ4n) is 2.42. The van der Waals surface area contributed by atoms with Crippen LogP contribution < -0.4 is 14.8 Å². The van der Waals surface area contributed by atoms with Gasteiger partial charge in [0.15, 0.2) is 0 Å². The number of hydrogen-bond acceptors (Lipinski definition) is 3. The first-order valence-electron chi connectivity index (χ1n) is 7.56. The van der Waals surface area contributed by atoms with Crippen LogP contribution in [0.15, 0.2) is 42.5 Å². The predicted octanol–water partition coefficient (Wildman–Crippen LogP) is 4.02. The van der Waals surface area contributed by atoms with Gasteiger partial charge in [-0.15, -0.1) is 0 Å². The van der Waals surface area contributed by atoms with Crippen LogP contribution in [-0.2, 0) is 13.0 Å². The van der Waals surface area contributed by atoms with Gasteiger partial charge in [0.05, 0.1) is 13.2 Å². The summed E-state index contributed by atoms with van der Waals surface area (Å²) >= 11 is 0. The SMILES string of the molecule is CCCOc1ccc(CNc2ccc3c(c2)CCO3)cc1. The molecule has 1 aliphatic rings. The topological polar surface area (TPSA) is 30.5 Å². The molecule has 0 bridgehead atoms. The zero-order chi connectivity index (χ0) is 14.5. The molecule has 3 rings (SSSR count). The third kappa shape index (κ3) is 3.48. The Morgan fingerprint density at radius 3 is 2.81 bits per heavy atom. The van der Waals surface area contributed by atoms with E-state index in [-0.39, 0.29) is 0 Å². The second-order valence-electron chi connectivity index (χ2n) is 5.27. The van der Waals surface area contributed by atoms with Crippen LogP contribution in [0.25, 0.3) is 0 Å². The van der Waals surface area contributed by atoms with Gasteiger partial charge in [-0.25, -0.2) is 0 Å². The molecule has 0 saturated carbocycles. The highest BCUT2D eigenvalue weighted by Gasteiger charge is 2.11. The van der Waals surface area contributed by atoms with Crippen molar-refractivity contribution in [1.29, 1.82) is 0 Å². The molecule has 1 aliphatic heterocycles. The first-order valence-corrected chi connectivity index (χ1v) is 7.56. The predicted molar refractivity (Wildman–Crippen MR) is 85.2 cm³/mol. The van der Waals surface area contributed by atoms with Gasteiger partial charge in [-0.1, -0.05) is 19.1 Å². The molecule has 21 heavy (non-hydrogen) atoms. The van der Waals surface area contributed by atoms with Gasteiger partial charge >= 0.3 is 0 Å². The summed E-state index contributed by atoms with van der Waals surface area (Å²) < 4.78 is 11.1.